The molecule has 0 N–H and O–H groups in total. The predicted octanol–water partition coefficient (Wildman–Crippen LogP) is 17.9. The molecule has 0 heterocycles. The molecule has 0 aromatic rings. The van der Waals surface area contributed by atoms with E-state index in [4.69, 9.17) is 14.2 Å². The summed E-state index contributed by atoms with van der Waals surface area (Å²) in [5, 5.41) is 0. The number of ether oxygens (including phenoxy) is 3. The molecule has 0 saturated heterocycles. The first-order valence-corrected chi connectivity index (χ1v) is 27.3. The van der Waals surface area contributed by atoms with Gasteiger partial charge < -0.3 is 14.2 Å². The molecule has 0 spiro atoms. The minimum Gasteiger partial charge on any atom is -0.462 e. The Balaban J connectivity index is 4.27. The molecular weight excluding hydrogens is 769 g/mol. The van der Waals surface area contributed by atoms with Gasteiger partial charge in [0.05, 0.1) is 0 Å². The standard InChI is InChI=1S/C56H104O6/c1-4-7-10-13-16-19-22-24-26-27-28-29-31-32-34-37-40-43-46-49-55(58)61-52-53(51-60-54(57)48-45-42-39-36-21-18-15-12-9-6-3)62-56(59)50-47-44-41-38-35-33-30-25-23-20-17-14-11-8-5-2/h12,15,24,26,53H,4-11,13-14,16-23,25,27-52H2,1-3H3/b15-12-,26-24-. The molecule has 0 radical (unpaired) electrons. The van der Waals surface area contributed by atoms with Gasteiger partial charge in [-0.25, -0.2) is 0 Å². The number of allylic oxidation sites excluding steroid dienone is 4. The van der Waals surface area contributed by atoms with Gasteiger partial charge in [0.2, 0.25) is 0 Å². The Morgan fingerprint density at radius 1 is 0.306 bits per heavy atom. The van der Waals surface area contributed by atoms with Crippen molar-refractivity contribution in [2.45, 2.75) is 303 Å². The molecular formula is C56H104O6. The second-order valence-electron chi connectivity index (χ2n) is 18.5. The maximum atomic E-state index is 12.8. The van der Waals surface area contributed by atoms with E-state index in [9.17, 15) is 14.4 Å². The summed E-state index contributed by atoms with van der Waals surface area (Å²) in [6.07, 6.45) is 58.8. The number of unbranched alkanes of at least 4 members (excludes halogenated alkanes) is 35. The highest BCUT2D eigenvalue weighted by atomic mass is 16.6. The normalized spacial score (nSPS) is 12.1. The second kappa shape index (κ2) is 51.5. The smallest absolute Gasteiger partial charge is 0.306 e. The summed E-state index contributed by atoms with van der Waals surface area (Å²) in [4.78, 5) is 38.0. The van der Waals surface area contributed by atoms with Crippen molar-refractivity contribution in [2.24, 2.45) is 0 Å². The molecule has 364 valence electrons. The monoisotopic (exact) mass is 873 g/mol. The van der Waals surface area contributed by atoms with Gasteiger partial charge in [-0.3, -0.25) is 14.4 Å². The summed E-state index contributed by atoms with van der Waals surface area (Å²) < 4.78 is 16.8. The van der Waals surface area contributed by atoms with E-state index in [2.05, 4.69) is 45.1 Å². The van der Waals surface area contributed by atoms with Gasteiger partial charge in [0.1, 0.15) is 13.2 Å². The quantitative estimate of drug-likeness (QED) is 0.0262. The van der Waals surface area contributed by atoms with Crippen LogP contribution in [0.2, 0.25) is 0 Å². The topological polar surface area (TPSA) is 78.9 Å². The number of hydrogen-bond acceptors (Lipinski definition) is 6. The Morgan fingerprint density at radius 3 is 0.871 bits per heavy atom. The third-order valence-electron chi connectivity index (χ3n) is 12.2. The molecule has 0 amide bonds. The zero-order chi connectivity index (χ0) is 45.1. The first kappa shape index (κ1) is 59.9. The average Bonchev–Trinajstić information content (AvgIpc) is 3.27. The Bertz CT molecular complexity index is 1000. The molecule has 0 bridgehead atoms. The van der Waals surface area contributed by atoms with Gasteiger partial charge in [-0.2, -0.15) is 0 Å². The summed E-state index contributed by atoms with van der Waals surface area (Å²) >= 11 is 0. The fraction of sp³-hybridized carbons (Fsp3) is 0.875. The fourth-order valence-corrected chi connectivity index (χ4v) is 8.03. The van der Waals surface area contributed by atoms with Crippen molar-refractivity contribution in [2.75, 3.05) is 13.2 Å². The van der Waals surface area contributed by atoms with Gasteiger partial charge in [0.15, 0.2) is 6.10 Å². The van der Waals surface area contributed by atoms with Crippen LogP contribution in [0.25, 0.3) is 0 Å². The lowest BCUT2D eigenvalue weighted by molar-refractivity contribution is -0.167. The lowest BCUT2D eigenvalue weighted by Crippen LogP contribution is -2.30. The Kier molecular flexibility index (Phi) is 49.8. The van der Waals surface area contributed by atoms with Crippen LogP contribution in [0.15, 0.2) is 24.3 Å². The molecule has 0 aromatic carbocycles. The summed E-state index contributed by atoms with van der Waals surface area (Å²) in [6.45, 7) is 6.60. The molecule has 0 saturated carbocycles. The SMILES string of the molecule is CCC/C=C\CCCCCCCC(=O)OCC(COC(=O)CCCCCCCCCCC/C=C\CCCCCCCC)OC(=O)CCCCCCCCCCCCCCCCC. The van der Waals surface area contributed by atoms with E-state index in [1.165, 1.54) is 186 Å². The third kappa shape index (κ3) is 48.9. The van der Waals surface area contributed by atoms with Crippen LogP contribution in [-0.4, -0.2) is 37.2 Å². The minimum atomic E-state index is -0.770. The van der Waals surface area contributed by atoms with E-state index in [0.717, 1.165) is 70.6 Å². The van der Waals surface area contributed by atoms with Crippen LogP contribution in [0.5, 0.6) is 0 Å². The zero-order valence-corrected chi connectivity index (χ0v) is 41.7. The summed E-state index contributed by atoms with van der Waals surface area (Å²) in [5.74, 6) is -0.868. The van der Waals surface area contributed by atoms with E-state index in [1.807, 2.05) is 0 Å². The van der Waals surface area contributed by atoms with Crippen LogP contribution in [0.3, 0.4) is 0 Å². The van der Waals surface area contributed by atoms with Crippen molar-refractivity contribution < 1.29 is 28.6 Å². The minimum absolute atomic E-state index is 0.0711. The third-order valence-corrected chi connectivity index (χ3v) is 12.2. The summed E-state index contributed by atoms with van der Waals surface area (Å²) in [7, 11) is 0. The molecule has 62 heavy (non-hydrogen) atoms. The predicted molar refractivity (Wildman–Crippen MR) is 266 cm³/mol. The van der Waals surface area contributed by atoms with Gasteiger partial charge in [-0.15, -0.1) is 0 Å². The van der Waals surface area contributed by atoms with Crippen molar-refractivity contribution in [1.82, 2.24) is 0 Å². The van der Waals surface area contributed by atoms with Crippen LogP contribution in [0.4, 0.5) is 0 Å². The van der Waals surface area contributed by atoms with Crippen molar-refractivity contribution >= 4 is 17.9 Å². The van der Waals surface area contributed by atoms with E-state index >= 15 is 0 Å². The van der Waals surface area contributed by atoms with Gasteiger partial charge in [0.25, 0.3) is 0 Å². The van der Waals surface area contributed by atoms with Gasteiger partial charge in [0, 0.05) is 19.3 Å². The first-order valence-electron chi connectivity index (χ1n) is 27.3. The fourth-order valence-electron chi connectivity index (χ4n) is 8.03. The van der Waals surface area contributed by atoms with Crippen LogP contribution in [-0.2, 0) is 28.6 Å². The highest BCUT2D eigenvalue weighted by Crippen LogP contribution is 2.16. The summed E-state index contributed by atoms with van der Waals surface area (Å²) in [6, 6.07) is 0. The van der Waals surface area contributed by atoms with Crippen molar-refractivity contribution in [3.8, 4) is 0 Å². The second-order valence-corrected chi connectivity index (χ2v) is 18.5. The van der Waals surface area contributed by atoms with Crippen LogP contribution < -0.4 is 0 Å². The van der Waals surface area contributed by atoms with E-state index in [1.54, 1.807) is 0 Å². The highest BCUT2D eigenvalue weighted by Gasteiger charge is 2.19. The molecule has 0 aliphatic rings. The highest BCUT2D eigenvalue weighted by molar-refractivity contribution is 5.71. The molecule has 0 fully saturated rings. The number of carbonyl (C=O) groups excluding carboxylic acids is 3. The number of carbonyl (C=O) groups is 3. The maximum absolute atomic E-state index is 12.8. The molecule has 0 aliphatic heterocycles. The summed E-state index contributed by atoms with van der Waals surface area (Å²) in [5.41, 5.74) is 0. The molecule has 1 unspecified atom stereocenters. The molecule has 1 atom stereocenters. The molecule has 0 rings (SSSR count). The zero-order valence-electron chi connectivity index (χ0n) is 41.7. The van der Waals surface area contributed by atoms with Crippen LogP contribution >= 0.6 is 0 Å². The van der Waals surface area contributed by atoms with Crippen LogP contribution in [0.1, 0.15) is 297 Å². The largest absolute Gasteiger partial charge is 0.462 e. The Hall–Kier alpha value is -2.11. The Labute approximate surface area is 385 Å². The van der Waals surface area contributed by atoms with E-state index < -0.39 is 6.10 Å². The lowest BCUT2D eigenvalue weighted by atomic mass is 10.0. The number of hydrogen-bond donors (Lipinski definition) is 0. The Morgan fingerprint density at radius 2 is 0.565 bits per heavy atom. The maximum Gasteiger partial charge on any atom is 0.306 e. The van der Waals surface area contributed by atoms with Gasteiger partial charge >= 0.3 is 17.9 Å². The molecule has 0 aliphatic carbocycles. The van der Waals surface area contributed by atoms with Gasteiger partial charge in [-0.05, 0) is 64.2 Å². The molecule has 6 nitrogen and oxygen atoms in total. The van der Waals surface area contributed by atoms with Crippen molar-refractivity contribution in [1.29, 1.82) is 0 Å². The number of rotatable bonds is 50. The number of esters is 3. The molecule has 6 heteroatoms. The van der Waals surface area contributed by atoms with E-state index in [0.29, 0.717) is 19.3 Å². The molecule has 0 aromatic heterocycles. The first-order chi connectivity index (χ1) is 30.5. The van der Waals surface area contributed by atoms with E-state index in [-0.39, 0.29) is 31.1 Å². The lowest BCUT2D eigenvalue weighted by Gasteiger charge is -2.18. The van der Waals surface area contributed by atoms with Crippen molar-refractivity contribution in [3.05, 3.63) is 24.3 Å². The van der Waals surface area contributed by atoms with Crippen LogP contribution in [0, 0.1) is 0 Å². The van der Waals surface area contributed by atoms with Crippen molar-refractivity contribution in [3.63, 3.8) is 0 Å². The van der Waals surface area contributed by atoms with Gasteiger partial charge in [-0.1, -0.05) is 238 Å². The average molecular weight is 873 g/mol.